The lowest BCUT2D eigenvalue weighted by molar-refractivity contribution is -0.117. The van der Waals surface area contributed by atoms with Crippen molar-refractivity contribution < 1.29 is 9.90 Å². The van der Waals surface area contributed by atoms with Gasteiger partial charge in [-0.15, -0.1) is 0 Å². The summed E-state index contributed by atoms with van der Waals surface area (Å²) in [7, 11) is 1.90. The third-order valence-electron chi connectivity index (χ3n) is 2.77. The molecule has 1 unspecified atom stereocenters. The summed E-state index contributed by atoms with van der Waals surface area (Å²) in [6.07, 6.45) is 1.22. The second kappa shape index (κ2) is 7.68. The van der Waals surface area contributed by atoms with Crippen LogP contribution in [0.4, 0.5) is 0 Å². The van der Waals surface area contributed by atoms with E-state index < -0.39 is 0 Å². The Hall–Kier alpha value is -1.59. The Morgan fingerprint density at radius 1 is 1.39 bits per heavy atom. The van der Waals surface area contributed by atoms with Crippen molar-refractivity contribution in [3.8, 4) is 5.75 Å². The van der Waals surface area contributed by atoms with E-state index in [1.54, 1.807) is 12.1 Å². The van der Waals surface area contributed by atoms with E-state index in [2.05, 4.69) is 10.6 Å². The van der Waals surface area contributed by atoms with E-state index in [9.17, 15) is 9.90 Å². The molecule has 100 valence electrons. The van der Waals surface area contributed by atoms with E-state index in [1.807, 2.05) is 19.2 Å². The number of carbonyl (C=O) groups is 1. The molecule has 5 N–H and O–H groups in total. The Balaban J connectivity index is 2.32. The molecule has 0 saturated heterocycles. The number of phenolic OH excluding ortho intramolecular Hbond substituents is 1. The molecule has 1 aromatic carbocycles. The van der Waals surface area contributed by atoms with Gasteiger partial charge in [0.15, 0.2) is 0 Å². The summed E-state index contributed by atoms with van der Waals surface area (Å²) in [6, 6.07) is 7.46. The molecule has 0 radical (unpaired) electrons. The number of aromatic hydroxyl groups is 1. The van der Waals surface area contributed by atoms with Crippen molar-refractivity contribution in [2.45, 2.75) is 18.9 Å². The molecule has 1 amide bonds. The maximum Gasteiger partial charge on any atom is 0.218 e. The van der Waals surface area contributed by atoms with Crippen LogP contribution in [0.15, 0.2) is 24.3 Å². The van der Waals surface area contributed by atoms with Crippen molar-refractivity contribution in [2.24, 2.45) is 5.73 Å². The molecule has 1 aromatic rings. The molecule has 18 heavy (non-hydrogen) atoms. The van der Waals surface area contributed by atoms with Gasteiger partial charge in [-0.25, -0.2) is 0 Å². The summed E-state index contributed by atoms with van der Waals surface area (Å²) in [6.45, 7) is 1.37. The van der Waals surface area contributed by atoms with Crippen molar-refractivity contribution in [1.29, 1.82) is 0 Å². The Bertz CT molecular complexity index is 365. The highest BCUT2D eigenvalue weighted by Crippen LogP contribution is 2.11. The van der Waals surface area contributed by atoms with Crippen LogP contribution in [-0.4, -0.2) is 37.2 Å². The fraction of sp³-hybridized carbons (Fsp3) is 0.462. The molecule has 5 heteroatoms. The minimum Gasteiger partial charge on any atom is -0.508 e. The molecule has 0 aliphatic rings. The molecule has 1 atom stereocenters. The molecule has 0 heterocycles. The monoisotopic (exact) mass is 251 g/mol. The summed E-state index contributed by atoms with van der Waals surface area (Å²) in [5, 5.41) is 15.6. The van der Waals surface area contributed by atoms with Gasteiger partial charge >= 0.3 is 0 Å². The van der Waals surface area contributed by atoms with Crippen molar-refractivity contribution in [3.05, 3.63) is 29.8 Å². The number of rotatable bonds is 8. The number of hydrogen-bond donors (Lipinski definition) is 4. The summed E-state index contributed by atoms with van der Waals surface area (Å²) in [5.74, 6) is -0.0126. The Morgan fingerprint density at radius 2 is 2.06 bits per heavy atom. The average Bonchev–Trinajstić information content (AvgIpc) is 2.35. The smallest absolute Gasteiger partial charge is 0.218 e. The van der Waals surface area contributed by atoms with E-state index in [1.165, 1.54) is 0 Å². The van der Waals surface area contributed by atoms with Crippen LogP contribution in [0.25, 0.3) is 0 Å². The van der Waals surface area contributed by atoms with Crippen molar-refractivity contribution in [2.75, 3.05) is 20.1 Å². The van der Waals surface area contributed by atoms with Gasteiger partial charge in [0.2, 0.25) is 5.91 Å². The lowest BCUT2D eigenvalue weighted by Crippen LogP contribution is -2.39. The van der Waals surface area contributed by atoms with Gasteiger partial charge in [-0.1, -0.05) is 12.1 Å². The highest BCUT2D eigenvalue weighted by Gasteiger charge is 2.07. The lowest BCUT2D eigenvalue weighted by atomic mass is 10.1. The van der Waals surface area contributed by atoms with Gasteiger partial charge in [0.05, 0.1) is 0 Å². The first-order valence-electron chi connectivity index (χ1n) is 6.06. The zero-order chi connectivity index (χ0) is 13.4. The first-order chi connectivity index (χ1) is 8.61. The first kappa shape index (κ1) is 14.5. The molecule has 0 aliphatic carbocycles. The predicted molar refractivity (Wildman–Crippen MR) is 71.3 cm³/mol. The fourth-order valence-corrected chi connectivity index (χ4v) is 1.68. The summed E-state index contributed by atoms with van der Waals surface area (Å²) < 4.78 is 0. The average molecular weight is 251 g/mol. The molecule has 0 aromatic heterocycles. The van der Waals surface area contributed by atoms with E-state index >= 15 is 0 Å². The number of primary amides is 1. The van der Waals surface area contributed by atoms with Crippen LogP contribution in [0.3, 0.4) is 0 Å². The maximum absolute atomic E-state index is 10.6. The number of carbonyl (C=O) groups excluding carboxylic acids is 1. The molecule has 1 rings (SSSR count). The number of hydrogen-bond acceptors (Lipinski definition) is 4. The molecule has 0 bridgehead atoms. The molecule has 5 nitrogen and oxygen atoms in total. The van der Waals surface area contributed by atoms with E-state index in [0.717, 1.165) is 18.5 Å². The summed E-state index contributed by atoms with van der Waals surface area (Å²) in [5.41, 5.74) is 6.22. The first-order valence-corrected chi connectivity index (χ1v) is 6.06. The quantitative estimate of drug-likeness (QED) is 0.489. The highest BCUT2D eigenvalue weighted by molar-refractivity contribution is 5.73. The summed E-state index contributed by atoms with van der Waals surface area (Å²) >= 11 is 0. The van der Waals surface area contributed by atoms with Crippen LogP contribution in [0.1, 0.15) is 12.0 Å². The van der Waals surface area contributed by atoms with Crippen molar-refractivity contribution in [3.63, 3.8) is 0 Å². The van der Waals surface area contributed by atoms with Gasteiger partial charge in [-0.3, -0.25) is 4.79 Å². The third kappa shape index (κ3) is 5.65. The number of likely N-dealkylation sites (N-methyl/N-ethyl adjacent to an activating group) is 1. The molecule has 0 aliphatic heterocycles. The van der Waals surface area contributed by atoms with Gasteiger partial charge in [0.1, 0.15) is 5.75 Å². The topological polar surface area (TPSA) is 87.4 Å². The van der Waals surface area contributed by atoms with E-state index in [0.29, 0.717) is 13.0 Å². The minimum atomic E-state index is -0.290. The lowest BCUT2D eigenvalue weighted by Gasteiger charge is -2.17. The largest absolute Gasteiger partial charge is 0.508 e. The highest BCUT2D eigenvalue weighted by atomic mass is 16.3. The van der Waals surface area contributed by atoms with Gasteiger partial charge in [-0.05, 0) is 31.2 Å². The van der Waals surface area contributed by atoms with Crippen LogP contribution < -0.4 is 16.4 Å². The standard InChI is InChI=1S/C13H21N3O2/c1-15-11(9-16-7-6-13(14)18)8-10-2-4-12(17)5-3-10/h2-5,11,15-17H,6-9H2,1H3,(H2,14,18). The van der Waals surface area contributed by atoms with Gasteiger partial charge in [0, 0.05) is 25.6 Å². The van der Waals surface area contributed by atoms with Crippen LogP contribution in [0, 0.1) is 0 Å². The van der Waals surface area contributed by atoms with Crippen molar-refractivity contribution in [1.82, 2.24) is 10.6 Å². The number of nitrogens with two attached hydrogens (primary N) is 1. The van der Waals surface area contributed by atoms with Crippen LogP contribution in [0.5, 0.6) is 5.75 Å². The molecular weight excluding hydrogens is 230 g/mol. The minimum absolute atomic E-state index is 0.277. The Morgan fingerprint density at radius 3 is 2.61 bits per heavy atom. The van der Waals surface area contributed by atoms with Gasteiger partial charge < -0.3 is 21.5 Å². The third-order valence-corrected chi connectivity index (χ3v) is 2.77. The fourth-order valence-electron chi connectivity index (χ4n) is 1.68. The summed E-state index contributed by atoms with van der Waals surface area (Å²) in [4.78, 5) is 10.6. The van der Waals surface area contributed by atoms with Gasteiger partial charge in [0.25, 0.3) is 0 Å². The second-order valence-corrected chi connectivity index (χ2v) is 4.28. The van der Waals surface area contributed by atoms with Gasteiger partial charge in [-0.2, -0.15) is 0 Å². The number of amides is 1. The van der Waals surface area contributed by atoms with E-state index in [-0.39, 0.29) is 17.7 Å². The number of benzene rings is 1. The SMILES string of the molecule is CNC(CNCCC(N)=O)Cc1ccc(O)cc1. The number of phenols is 1. The van der Waals surface area contributed by atoms with Crippen LogP contribution >= 0.6 is 0 Å². The molecule has 0 saturated carbocycles. The predicted octanol–water partition coefficient (Wildman–Crippen LogP) is -0.0123. The molecular formula is C13H21N3O2. The number of nitrogens with one attached hydrogen (secondary N) is 2. The van der Waals surface area contributed by atoms with Crippen molar-refractivity contribution >= 4 is 5.91 Å². The van der Waals surface area contributed by atoms with Crippen LogP contribution in [-0.2, 0) is 11.2 Å². The van der Waals surface area contributed by atoms with Crippen LogP contribution in [0.2, 0.25) is 0 Å². The zero-order valence-electron chi connectivity index (χ0n) is 10.6. The molecule has 0 spiro atoms. The zero-order valence-corrected chi connectivity index (χ0v) is 10.6. The second-order valence-electron chi connectivity index (χ2n) is 4.28. The molecule has 0 fully saturated rings. The normalized spacial score (nSPS) is 12.3. The Labute approximate surface area is 107 Å². The Kier molecular flexibility index (Phi) is 6.18. The van der Waals surface area contributed by atoms with E-state index in [4.69, 9.17) is 5.73 Å². The maximum atomic E-state index is 10.6.